The Bertz CT molecular complexity index is 988. The third kappa shape index (κ3) is 4.48. The van der Waals surface area contributed by atoms with Crippen LogP contribution in [0, 0.1) is 17.3 Å². The fraction of sp³-hybridized carbons (Fsp3) is 0.600. The smallest absolute Gasteiger partial charge is 0.312 e. The van der Waals surface area contributed by atoms with Gasteiger partial charge in [0.1, 0.15) is 0 Å². The van der Waals surface area contributed by atoms with Crippen molar-refractivity contribution in [3.05, 3.63) is 29.8 Å². The van der Waals surface area contributed by atoms with Crippen LogP contribution < -0.4 is 16.0 Å². The van der Waals surface area contributed by atoms with Crippen molar-refractivity contribution < 1.29 is 23.9 Å². The number of para-hydroxylation sites is 1. The molecule has 8 heteroatoms. The average molecular weight is 454 g/mol. The van der Waals surface area contributed by atoms with Gasteiger partial charge in [0.25, 0.3) is 11.8 Å². The molecule has 6 rings (SSSR count). The highest BCUT2D eigenvalue weighted by atomic mass is 16.5. The predicted octanol–water partition coefficient (Wildman–Crippen LogP) is 2.54. The first-order valence-corrected chi connectivity index (χ1v) is 11.9. The number of rotatable bonds is 7. The second kappa shape index (κ2) is 8.15. The van der Waals surface area contributed by atoms with E-state index in [0.29, 0.717) is 29.5 Å². The van der Waals surface area contributed by atoms with E-state index < -0.39 is 17.9 Å². The minimum absolute atomic E-state index is 0.0655. The summed E-state index contributed by atoms with van der Waals surface area (Å²) in [6.45, 7) is 1.12. The molecule has 0 saturated heterocycles. The molecular formula is C25H31N3O5. The van der Waals surface area contributed by atoms with Gasteiger partial charge < -0.3 is 20.7 Å². The van der Waals surface area contributed by atoms with Crippen molar-refractivity contribution in [3.63, 3.8) is 0 Å². The summed E-state index contributed by atoms with van der Waals surface area (Å²) in [7, 11) is 0. The predicted molar refractivity (Wildman–Crippen MR) is 120 cm³/mol. The number of amides is 3. The molecule has 0 unspecified atom stereocenters. The van der Waals surface area contributed by atoms with Gasteiger partial charge in [-0.2, -0.15) is 0 Å². The number of nitrogens with one attached hydrogen (secondary N) is 3. The molecule has 1 aromatic carbocycles. The summed E-state index contributed by atoms with van der Waals surface area (Å²) in [6.07, 6.45) is 6.97. The van der Waals surface area contributed by atoms with E-state index >= 15 is 0 Å². The molecule has 5 fully saturated rings. The first kappa shape index (κ1) is 21.9. The second-order valence-electron chi connectivity index (χ2n) is 10.6. The number of hydrogen-bond donors (Lipinski definition) is 3. The lowest BCUT2D eigenvalue weighted by Crippen LogP contribution is -2.64. The molecule has 0 aromatic heterocycles. The monoisotopic (exact) mass is 453 g/mol. The van der Waals surface area contributed by atoms with Gasteiger partial charge in [-0.05, 0) is 75.3 Å². The highest BCUT2D eigenvalue weighted by Crippen LogP contribution is 2.62. The van der Waals surface area contributed by atoms with Crippen LogP contribution in [0.5, 0.6) is 0 Å². The van der Waals surface area contributed by atoms with Crippen molar-refractivity contribution in [2.45, 2.75) is 69.9 Å². The molecule has 0 heterocycles. The van der Waals surface area contributed by atoms with Gasteiger partial charge in [-0.25, -0.2) is 0 Å². The van der Waals surface area contributed by atoms with E-state index in [-0.39, 0.29) is 29.4 Å². The van der Waals surface area contributed by atoms with Crippen LogP contribution in [0.15, 0.2) is 24.3 Å². The van der Waals surface area contributed by atoms with Gasteiger partial charge in [0, 0.05) is 18.5 Å². The third-order valence-corrected chi connectivity index (χ3v) is 7.63. The number of hydrogen-bond acceptors (Lipinski definition) is 5. The summed E-state index contributed by atoms with van der Waals surface area (Å²) in [5, 5.41) is 8.77. The Morgan fingerprint density at radius 3 is 2.39 bits per heavy atom. The molecule has 5 aliphatic carbocycles. The first-order valence-electron chi connectivity index (χ1n) is 11.9. The van der Waals surface area contributed by atoms with Crippen LogP contribution in [0.2, 0.25) is 0 Å². The van der Waals surface area contributed by atoms with E-state index in [1.807, 2.05) is 0 Å². The van der Waals surface area contributed by atoms with Gasteiger partial charge in [0.15, 0.2) is 6.61 Å². The standard InChI is InChI=1S/C25H31N3O5/c1-15(29)28-25-11-16-8-17(12-25)10-24(9-16,14-25)23(32)33-13-21(30)27-20-5-3-2-4-19(20)22(31)26-18-6-7-18/h2-5,16-18H,6-14H2,1H3,(H,26,31)(H,27,30)(H,28,29)/t16-,17-,24?,25?/m1/s1. The van der Waals surface area contributed by atoms with Crippen molar-refractivity contribution in [1.82, 2.24) is 10.6 Å². The zero-order chi connectivity index (χ0) is 23.2. The molecular weight excluding hydrogens is 422 g/mol. The van der Waals surface area contributed by atoms with Crippen LogP contribution in [-0.2, 0) is 19.1 Å². The fourth-order valence-corrected chi connectivity index (χ4v) is 6.77. The van der Waals surface area contributed by atoms with Crippen molar-refractivity contribution in [2.75, 3.05) is 11.9 Å². The second-order valence-corrected chi connectivity index (χ2v) is 10.6. The molecule has 2 atom stereocenters. The molecule has 8 nitrogen and oxygen atoms in total. The number of anilines is 1. The molecule has 33 heavy (non-hydrogen) atoms. The number of carbonyl (C=O) groups is 4. The molecule has 4 bridgehead atoms. The molecule has 5 aliphatic rings. The van der Waals surface area contributed by atoms with Gasteiger partial charge in [-0.3, -0.25) is 19.2 Å². The van der Waals surface area contributed by atoms with Crippen LogP contribution in [0.4, 0.5) is 5.69 Å². The van der Waals surface area contributed by atoms with Gasteiger partial charge in [0.05, 0.1) is 16.7 Å². The zero-order valence-corrected chi connectivity index (χ0v) is 18.9. The minimum atomic E-state index is -0.630. The maximum Gasteiger partial charge on any atom is 0.312 e. The van der Waals surface area contributed by atoms with Gasteiger partial charge in [0.2, 0.25) is 5.91 Å². The summed E-state index contributed by atoms with van der Waals surface area (Å²) in [6, 6.07) is 7.03. The fourth-order valence-electron chi connectivity index (χ4n) is 6.77. The van der Waals surface area contributed by atoms with Crippen molar-refractivity contribution in [2.24, 2.45) is 17.3 Å². The van der Waals surface area contributed by atoms with Crippen molar-refractivity contribution in [3.8, 4) is 0 Å². The topological polar surface area (TPSA) is 114 Å². The van der Waals surface area contributed by atoms with E-state index in [4.69, 9.17) is 4.74 Å². The maximum atomic E-state index is 13.2. The van der Waals surface area contributed by atoms with E-state index in [0.717, 1.165) is 44.9 Å². The first-order chi connectivity index (χ1) is 15.8. The number of carbonyl (C=O) groups excluding carboxylic acids is 4. The lowest BCUT2D eigenvalue weighted by atomic mass is 9.47. The molecule has 176 valence electrons. The minimum Gasteiger partial charge on any atom is -0.455 e. The summed E-state index contributed by atoms with van der Waals surface area (Å²) in [5.74, 6) is -0.309. The van der Waals surface area contributed by atoms with Crippen LogP contribution in [0.1, 0.15) is 68.6 Å². The Labute approximate surface area is 193 Å². The van der Waals surface area contributed by atoms with E-state index in [2.05, 4.69) is 16.0 Å². The highest BCUT2D eigenvalue weighted by molar-refractivity contribution is 6.04. The highest BCUT2D eigenvalue weighted by Gasteiger charge is 2.61. The summed E-state index contributed by atoms with van der Waals surface area (Å²) in [4.78, 5) is 50.1. The molecule has 0 aliphatic heterocycles. The maximum absolute atomic E-state index is 13.2. The molecule has 0 spiro atoms. The van der Waals surface area contributed by atoms with Crippen molar-refractivity contribution in [1.29, 1.82) is 0 Å². The van der Waals surface area contributed by atoms with Crippen LogP contribution in [-0.4, -0.2) is 41.9 Å². The van der Waals surface area contributed by atoms with Crippen LogP contribution in [0.25, 0.3) is 0 Å². The van der Waals surface area contributed by atoms with Gasteiger partial charge in [-0.15, -0.1) is 0 Å². The molecule has 3 N–H and O–H groups in total. The van der Waals surface area contributed by atoms with Crippen LogP contribution in [0.3, 0.4) is 0 Å². The Hall–Kier alpha value is -2.90. The Morgan fingerprint density at radius 2 is 1.73 bits per heavy atom. The Morgan fingerprint density at radius 1 is 1.03 bits per heavy atom. The molecule has 1 aromatic rings. The summed E-state index contributed by atoms with van der Waals surface area (Å²) >= 11 is 0. The van der Waals surface area contributed by atoms with Crippen LogP contribution >= 0.6 is 0 Å². The lowest BCUT2D eigenvalue weighted by molar-refractivity contribution is -0.176. The zero-order valence-electron chi connectivity index (χ0n) is 18.9. The average Bonchev–Trinajstić information content (AvgIpc) is 3.54. The molecule has 3 amide bonds. The van der Waals surface area contributed by atoms with Gasteiger partial charge >= 0.3 is 5.97 Å². The largest absolute Gasteiger partial charge is 0.455 e. The molecule has 5 saturated carbocycles. The Kier molecular flexibility index (Phi) is 5.41. The third-order valence-electron chi connectivity index (χ3n) is 7.63. The molecule has 0 radical (unpaired) electrons. The SMILES string of the molecule is CC(=O)NC12C[C@@H]3C[C@@H](C1)CC(C(=O)OCC(=O)Nc1ccccc1C(=O)NC1CC1)(C3)C2. The normalized spacial score (nSPS) is 31.5. The number of benzene rings is 1. The van der Waals surface area contributed by atoms with E-state index in [9.17, 15) is 19.2 Å². The lowest BCUT2D eigenvalue weighted by Gasteiger charge is -2.60. The van der Waals surface area contributed by atoms with E-state index in [1.165, 1.54) is 6.92 Å². The van der Waals surface area contributed by atoms with Gasteiger partial charge in [-0.1, -0.05) is 12.1 Å². The van der Waals surface area contributed by atoms with E-state index in [1.54, 1.807) is 24.3 Å². The number of esters is 1. The summed E-state index contributed by atoms with van der Waals surface area (Å²) < 4.78 is 5.52. The number of ether oxygens (including phenoxy) is 1. The van der Waals surface area contributed by atoms with Crippen molar-refractivity contribution >= 4 is 29.4 Å². The quantitative estimate of drug-likeness (QED) is 0.549. The summed E-state index contributed by atoms with van der Waals surface area (Å²) in [5.41, 5.74) is -0.168. The Balaban J connectivity index is 1.22.